The second-order valence-corrected chi connectivity index (χ2v) is 14.1. The predicted molar refractivity (Wildman–Crippen MR) is 149 cm³/mol. The van der Waals surface area contributed by atoms with Gasteiger partial charge in [-0.1, -0.05) is 0 Å². The first kappa shape index (κ1) is 30.2. The highest BCUT2D eigenvalue weighted by Crippen LogP contribution is 2.53. The van der Waals surface area contributed by atoms with Crippen LogP contribution < -0.4 is 5.32 Å². The van der Waals surface area contributed by atoms with E-state index in [0.29, 0.717) is 24.2 Å². The smallest absolute Gasteiger partial charge is 0.417 e. The zero-order valence-electron chi connectivity index (χ0n) is 25.2. The minimum Gasteiger partial charge on any atom is -0.444 e. The summed E-state index contributed by atoms with van der Waals surface area (Å²) in [5.41, 5.74) is -0.0819. The maximum Gasteiger partial charge on any atom is 0.417 e. The predicted octanol–water partition coefficient (Wildman–Crippen LogP) is 5.98. The normalized spacial score (nSPS) is 22.8. The molecule has 0 bridgehead atoms. The Morgan fingerprint density at radius 2 is 1.71 bits per heavy atom. The SMILES string of the molecule is CC(C)(C)OC(=O)N[C@H](c1cn2ncc(CC3CC4(CC4)N(C(=O)OC(C)(C)C)C3=O)cc2n1)C1CCC(F)(F)CC1. The number of ether oxygens (including phenoxy) is 2. The minimum absolute atomic E-state index is 0.235. The van der Waals surface area contributed by atoms with E-state index in [1.165, 1.54) is 4.90 Å². The Bertz CT molecular complexity index is 1360. The van der Waals surface area contributed by atoms with Crippen molar-refractivity contribution in [2.75, 3.05) is 0 Å². The molecular weight excluding hydrogens is 548 g/mol. The second kappa shape index (κ2) is 10.4. The molecule has 1 spiro atoms. The number of nitrogens with zero attached hydrogens (tertiary/aromatic N) is 4. The van der Waals surface area contributed by atoms with Gasteiger partial charge in [0.15, 0.2) is 5.65 Å². The maximum atomic E-state index is 13.9. The molecule has 3 amide bonds. The summed E-state index contributed by atoms with van der Waals surface area (Å²) in [7, 11) is 0. The van der Waals surface area contributed by atoms with Gasteiger partial charge in [0.05, 0.1) is 29.7 Å². The zero-order valence-corrected chi connectivity index (χ0v) is 25.2. The monoisotopic (exact) mass is 589 g/mol. The summed E-state index contributed by atoms with van der Waals surface area (Å²) in [6.07, 6.45) is 4.60. The second-order valence-electron chi connectivity index (χ2n) is 14.1. The van der Waals surface area contributed by atoms with Crippen LogP contribution in [0, 0.1) is 11.8 Å². The lowest BCUT2D eigenvalue weighted by molar-refractivity contribution is -0.131. The Balaban J connectivity index is 1.35. The van der Waals surface area contributed by atoms with E-state index >= 15 is 0 Å². The molecule has 2 saturated carbocycles. The number of amides is 3. The highest BCUT2D eigenvalue weighted by molar-refractivity contribution is 5.97. The minimum atomic E-state index is -2.71. The van der Waals surface area contributed by atoms with Crippen molar-refractivity contribution >= 4 is 23.7 Å². The molecule has 230 valence electrons. The number of rotatable bonds is 5. The van der Waals surface area contributed by atoms with Crippen LogP contribution in [0.4, 0.5) is 18.4 Å². The molecule has 42 heavy (non-hydrogen) atoms. The number of hydrogen-bond donors (Lipinski definition) is 1. The first-order valence-corrected chi connectivity index (χ1v) is 14.7. The molecule has 3 aliphatic rings. The first-order valence-electron chi connectivity index (χ1n) is 14.7. The number of hydrogen-bond acceptors (Lipinski definition) is 7. The molecule has 0 radical (unpaired) electrons. The molecule has 12 heteroatoms. The molecule has 2 aliphatic carbocycles. The average Bonchev–Trinajstić information content (AvgIpc) is 3.38. The van der Waals surface area contributed by atoms with Gasteiger partial charge in [0.1, 0.15) is 11.2 Å². The van der Waals surface area contributed by atoms with Crippen LogP contribution in [-0.2, 0) is 20.7 Å². The fraction of sp³-hybridized carbons (Fsp3) is 0.700. The number of nitrogens with one attached hydrogen (secondary N) is 1. The molecule has 1 aliphatic heterocycles. The van der Waals surface area contributed by atoms with Crippen LogP contribution in [0.1, 0.15) is 104 Å². The van der Waals surface area contributed by atoms with E-state index in [9.17, 15) is 23.2 Å². The first-order chi connectivity index (χ1) is 19.4. The van der Waals surface area contributed by atoms with Crippen molar-refractivity contribution in [3.63, 3.8) is 0 Å². The van der Waals surface area contributed by atoms with E-state index in [2.05, 4.69) is 10.4 Å². The summed E-state index contributed by atoms with van der Waals surface area (Å²) >= 11 is 0. The van der Waals surface area contributed by atoms with Crippen LogP contribution in [0.25, 0.3) is 5.65 Å². The van der Waals surface area contributed by atoms with Gasteiger partial charge >= 0.3 is 12.2 Å². The lowest BCUT2D eigenvalue weighted by Gasteiger charge is -2.33. The maximum absolute atomic E-state index is 13.9. The van der Waals surface area contributed by atoms with E-state index in [4.69, 9.17) is 14.5 Å². The summed E-state index contributed by atoms with van der Waals surface area (Å²) in [6, 6.07) is 1.20. The van der Waals surface area contributed by atoms with Crippen LogP contribution in [0.15, 0.2) is 18.5 Å². The van der Waals surface area contributed by atoms with E-state index in [1.54, 1.807) is 58.5 Å². The number of fused-ring (bicyclic) bond motifs is 1. The molecule has 0 aromatic carbocycles. The third-order valence-corrected chi connectivity index (χ3v) is 8.18. The van der Waals surface area contributed by atoms with Gasteiger partial charge in [-0.25, -0.2) is 32.8 Å². The molecule has 2 aromatic heterocycles. The van der Waals surface area contributed by atoms with Crippen molar-refractivity contribution in [1.29, 1.82) is 0 Å². The lowest BCUT2D eigenvalue weighted by Crippen LogP contribution is -2.44. The molecule has 2 aromatic rings. The summed E-state index contributed by atoms with van der Waals surface area (Å²) in [4.78, 5) is 45.0. The van der Waals surface area contributed by atoms with E-state index in [-0.39, 0.29) is 43.4 Å². The molecule has 10 nitrogen and oxygen atoms in total. The molecular formula is C30H41F2N5O5. The van der Waals surface area contributed by atoms with Crippen molar-refractivity contribution in [1.82, 2.24) is 24.8 Å². The molecule has 2 atom stereocenters. The van der Waals surface area contributed by atoms with Crippen molar-refractivity contribution in [2.24, 2.45) is 11.8 Å². The number of aromatic nitrogens is 3. The highest BCUT2D eigenvalue weighted by Gasteiger charge is 2.61. The van der Waals surface area contributed by atoms with Gasteiger partial charge in [-0.15, -0.1) is 0 Å². The van der Waals surface area contributed by atoms with E-state index in [0.717, 1.165) is 18.4 Å². The number of imidazole rings is 1. The van der Waals surface area contributed by atoms with Crippen LogP contribution in [0.5, 0.6) is 0 Å². The van der Waals surface area contributed by atoms with Crippen LogP contribution in [0.2, 0.25) is 0 Å². The summed E-state index contributed by atoms with van der Waals surface area (Å²) in [6.45, 7) is 10.6. The zero-order chi connectivity index (χ0) is 30.7. The number of carbonyl (C=O) groups is 3. The lowest BCUT2D eigenvalue weighted by atomic mass is 9.81. The summed E-state index contributed by atoms with van der Waals surface area (Å²) < 4.78 is 40.4. The molecule has 5 rings (SSSR count). The Morgan fingerprint density at radius 1 is 1.07 bits per heavy atom. The molecule has 1 saturated heterocycles. The third kappa shape index (κ3) is 6.67. The van der Waals surface area contributed by atoms with Gasteiger partial charge in [-0.3, -0.25) is 4.79 Å². The Kier molecular flexibility index (Phi) is 7.50. The summed E-state index contributed by atoms with van der Waals surface area (Å²) in [5.74, 6) is -3.57. The molecule has 1 N–H and O–H groups in total. The number of imide groups is 1. The van der Waals surface area contributed by atoms with Crippen LogP contribution in [-0.4, -0.2) is 60.3 Å². The van der Waals surface area contributed by atoms with Gasteiger partial charge in [0.2, 0.25) is 11.8 Å². The molecule has 3 fully saturated rings. The molecule has 1 unspecified atom stereocenters. The van der Waals surface area contributed by atoms with Gasteiger partial charge in [0.25, 0.3) is 0 Å². The van der Waals surface area contributed by atoms with Crippen molar-refractivity contribution in [3.05, 3.63) is 29.7 Å². The average molecular weight is 590 g/mol. The third-order valence-electron chi connectivity index (χ3n) is 8.18. The van der Waals surface area contributed by atoms with Gasteiger partial charge in [-0.2, -0.15) is 5.10 Å². The number of carbonyl (C=O) groups excluding carboxylic acids is 3. The number of halogens is 2. The number of alkyl carbamates (subject to hydrolysis) is 1. The van der Waals surface area contributed by atoms with E-state index in [1.807, 2.05) is 6.07 Å². The Labute approximate surface area is 244 Å². The van der Waals surface area contributed by atoms with Crippen LogP contribution >= 0.6 is 0 Å². The number of alkyl halides is 2. The highest BCUT2D eigenvalue weighted by atomic mass is 19.3. The largest absolute Gasteiger partial charge is 0.444 e. The fourth-order valence-electron chi connectivity index (χ4n) is 6.12. The van der Waals surface area contributed by atoms with Crippen molar-refractivity contribution in [3.8, 4) is 0 Å². The molecule has 3 heterocycles. The summed E-state index contributed by atoms with van der Waals surface area (Å²) in [5, 5.41) is 7.36. The van der Waals surface area contributed by atoms with E-state index < -0.39 is 40.9 Å². The fourth-order valence-corrected chi connectivity index (χ4v) is 6.12. The van der Waals surface area contributed by atoms with Gasteiger partial charge < -0.3 is 14.8 Å². The van der Waals surface area contributed by atoms with Crippen LogP contribution in [0.3, 0.4) is 0 Å². The Morgan fingerprint density at radius 3 is 2.31 bits per heavy atom. The van der Waals surface area contributed by atoms with Gasteiger partial charge in [0, 0.05) is 18.8 Å². The topological polar surface area (TPSA) is 115 Å². The number of likely N-dealkylation sites (tertiary alicyclic amines) is 1. The van der Waals surface area contributed by atoms with Crippen molar-refractivity contribution in [2.45, 2.75) is 122 Å². The van der Waals surface area contributed by atoms with Gasteiger partial charge in [-0.05, 0) is 97.6 Å². The quantitative estimate of drug-likeness (QED) is 0.456. The Hall–Kier alpha value is -3.31. The standard InChI is InChI=1S/C30H41F2N5O5/c1-27(2,3)41-25(39)35-23(19-7-9-30(31,32)10-8-19)21-17-36-22(34-21)14-18(16-33-36)13-20-15-29(11-12-29)37(24(20)38)26(40)42-28(4,5)6/h14,16-17,19-20,23H,7-13,15H2,1-6H3,(H,35,39)/t20?,23-/m0/s1. The van der Waals surface area contributed by atoms with Crippen molar-refractivity contribution < 1.29 is 32.6 Å².